The number of rotatable bonds is 8. The summed E-state index contributed by atoms with van der Waals surface area (Å²) in [7, 11) is 3.03. The number of amides is 2. The fraction of sp³-hybridized carbons (Fsp3) is 0.125. The summed E-state index contributed by atoms with van der Waals surface area (Å²) in [5, 5.41) is 17.8. The summed E-state index contributed by atoms with van der Waals surface area (Å²) < 4.78 is 11.2. The Labute approximate surface area is 209 Å². The Kier molecular flexibility index (Phi) is 8.16. The number of carbonyl (C=O) groups excluding carboxylic acids is 2. The highest BCUT2D eigenvalue weighted by Crippen LogP contribution is 2.33. The summed E-state index contributed by atoms with van der Waals surface area (Å²) in [4.78, 5) is 36.1. The molecule has 35 heavy (non-hydrogen) atoms. The van der Waals surface area contributed by atoms with Gasteiger partial charge in [-0.25, -0.2) is 5.43 Å². The lowest BCUT2D eigenvalue weighted by molar-refractivity contribution is -0.385. The van der Waals surface area contributed by atoms with Crippen LogP contribution in [0.3, 0.4) is 0 Å². The van der Waals surface area contributed by atoms with E-state index in [1.807, 2.05) is 0 Å². The van der Waals surface area contributed by atoms with Gasteiger partial charge in [-0.2, -0.15) is 5.10 Å². The molecular formula is C24H21BrN4O6. The predicted octanol–water partition coefficient (Wildman–Crippen LogP) is 4.70. The first kappa shape index (κ1) is 25.4. The van der Waals surface area contributed by atoms with E-state index in [0.717, 1.165) is 0 Å². The number of nitrogens with zero attached hydrogens (tertiary/aromatic N) is 2. The lowest BCUT2D eigenvalue weighted by Crippen LogP contribution is -2.21. The second-order valence-electron chi connectivity index (χ2n) is 7.15. The van der Waals surface area contributed by atoms with Gasteiger partial charge in [-0.3, -0.25) is 19.7 Å². The van der Waals surface area contributed by atoms with Crippen LogP contribution in [0.4, 0.5) is 11.4 Å². The maximum Gasteiger partial charge on any atom is 0.273 e. The Balaban J connectivity index is 1.80. The number of carbonyl (C=O) groups is 2. The first-order valence-electron chi connectivity index (χ1n) is 10.2. The van der Waals surface area contributed by atoms with Crippen LogP contribution < -0.4 is 20.2 Å². The zero-order chi connectivity index (χ0) is 25.5. The maximum atomic E-state index is 12.8. The fourth-order valence-corrected chi connectivity index (χ4v) is 3.75. The third kappa shape index (κ3) is 5.82. The Morgan fingerprint density at radius 3 is 2.40 bits per heavy atom. The number of hydrogen-bond donors (Lipinski definition) is 2. The highest BCUT2D eigenvalue weighted by Gasteiger charge is 2.18. The molecule has 10 nitrogen and oxygen atoms in total. The van der Waals surface area contributed by atoms with Crippen LogP contribution in [-0.4, -0.2) is 37.2 Å². The largest absolute Gasteiger partial charge is 0.496 e. The van der Waals surface area contributed by atoms with Gasteiger partial charge in [0.15, 0.2) is 0 Å². The van der Waals surface area contributed by atoms with E-state index >= 15 is 0 Å². The van der Waals surface area contributed by atoms with Crippen molar-refractivity contribution in [2.45, 2.75) is 6.92 Å². The molecule has 0 spiro atoms. The van der Waals surface area contributed by atoms with E-state index in [2.05, 4.69) is 31.8 Å². The molecule has 0 heterocycles. The van der Waals surface area contributed by atoms with Gasteiger partial charge < -0.3 is 14.8 Å². The van der Waals surface area contributed by atoms with E-state index in [9.17, 15) is 19.7 Å². The minimum Gasteiger partial charge on any atom is -0.496 e. The van der Waals surface area contributed by atoms with Gasteiger partial charge in [-0.1, -0.05) is 18.2 Å². The number of halogens is 1. The van der Waals surface area contributed by atoms with Crippen LogP contribution in [-0.2, 0) is 0 Å². The summed E-state index contributed by atoms with van der Waals surface area (Å²) in [5.41, 5.74) is 3.69. The quantitative estimate of drug-likeness (QED) is 0.242. The number of benzene rings is 3. The zero-order valence-electron chi connectivity index (χ0n) is 19.0. The van der Waals surface area contributed by atoms with Gasteiger partial charge in [0.2, 0.25) is 0 Å². The summed E-state index contributed by atoms with van der Waals surface area (Å²) in [6.07, 6.45) is 1.40. The van der Waals surface area contributed by atoms with E-state index in [1.54, 1.807) is 37.3 Å². The van der Waals surface area contributed by atoms with Crippen molar-refractivity contribution in [2.24, 2.45) is 5.10 Å². The summed E-state index contributed by atoms with van der Waals surface area (Å²) in [6, 6.07) is 13.9. The van der Waals surface area contributed by atoms with Gasteiger partial charge in [-0.05, 0) is 53.2 Å². The lowest BCUT2D eigenvalue weighted by Gasteiger charge is -2.11. The summed E-state index contributed by atoms with van der Waals surface area (Å²) >= 11 is 3.43. The molecule has 0 unspecified atom stereocenters. The van der Waals surface area contributed by atoms with Crippen molar-refractivity contribution in [1.82, 2.24) is 5.43 Å². The van der Waals surface area contributed by atoms with E-state index in [0.29, 0.717) is 27.1 Å². The number of methoxy groups -OCH3 is 2. The Morgan fingerprint density at radius 2 is 1.71 bits per heavy atom. The second kappa shape index (κ2) is 11.3. The van der Waals surface area contributed by atoms with Crippen molar-refractivity contribution in [1.29, 1.82) is 0 Å². The van der Waals surface area contributed by atoms with E-state index in [1.165, 1.54) is 44.7 Å². The van der Waals surface area contributed by atoms with Crippen LogP contribution >= 0.6 is 15.9 Å². The van der Waals surface area contributed by atoms with Crippen LogP contribution in [0.5, 0.6) is 11.5 Å². The van der Waals surface area contributed by atoms with Gasteiger partial charge in [0.05, 0.1) is 46.6 Å². The average molecular weight is 541 g/mol. The van der Waals surface area contributed by atoms with Crippen LogP contribution in [0.15, 0.2) is 64.2 Å². The van der Waals surface area contributed by atoms with Gasteiger partial charge in [0.25, 0.3) is 17.5 Å². The number of nitrogens with one attached hydrogen (secondary N) is 2. The molecular weight excluding hydrogens is 520 g/mol. The van der Waals surface area contributed by atoms with E-state index in [4.69, 9.17) is 9.47 Å². The topological polar surface area (TPSA) is 132 Å². The van der Waals surface area contributed by atoms with Crippen LogP contribution in [0, 0.1) is 17.0 Å². The SMILES string of the molecule is COc1ccc(OC)c(/C=N/NC(=O)c2ccccc2NC(=O)c2ccc(C)c([N+](=O)[O-])c2)c1Br. The van der Waals surface area contributed by atoms with Gasteiger partial charge in [-0.15, -0.1) is 0 Å². The average Bonchev–Trinajstić information content (AvgIpc) is 2.85. The first-order valence-corrected chi connectivity index (χ1v) is 11.0. The van der Waals surface area contributed by atoms with Crippen LogP contribution in [0.25, 0.3) is 0 Å². The van der Waals surface area contributed by atoms with Crippen molar-refractivity contribution in [3.05, 3.63) is 91.4 Å². The van der Waals surface area contributed by atoms with Crippen molar-refractivity contribution >= 4 is 45.3 Å². The minimum absolute atomic E-state index is 0.0884. The molecule has 0 aliphatic carbocycles. The second-order valence-corrected chi connectivity index (χ2v) is 7.95. The molecule has 0 aliphatic rings. The maximum absolute atomic E-state index is 12.8. The summed E-state index contributed by atoms with van der Waals surface area (Å²) in [5.74, 6) is -0.106. The number of ether oxygens (including phenoxy) is 2. The van der Waals surface area contributed by atoms with Crippen molar-refractivity contribution < 1.29 is 24.0 Å². The van der Waals surface area contributed by atoms with Crippen molar-refractivity contribution in [3.8, 4) is 11.5 Å². The highest BCUT2D eigenvalue weighted by molar-refractivity contribution is 9.10. The number of nitro benzene ring substituents is 1. The Bertz CT molecular complexity index is 1330. The number of hydrogen-bond acceptors (Lipinski definition) is 7. The molecule has 180 valence electrons. The minimum atomic E-state index is -0.595. The molecule has 3 aromatic rings. The third-order valence-electron chi connectivity index (χ3n) is 4.99. The highest BCUT2D eigenvalue weighted by atomic mass is 79.9. The molecule has 0 saturated heterocycles. The first-order chi connectivity index (χ1) is 16.8. The molecule has 0 fully saturated rings. The zero-order valence-corrected chi connectivity index (χ0v) is 20.6. The van der Waals surface area contributed by atoms with E-state index in [-0.39, 0.29) is 22.5 Å². The normalized spacial score (nSPS) is 10.6. The Morgan fingerprint density at radius 1 is 1.03 bits per heavy atom. The van der Waals surface area contributed by atoms with E-state index < -0.39 is 16.7 Å². The number of hydrazone groups is 1. The molecule has 0 aromatic heterocycles. The number of anilines is 1. The summed E-state index contributed by atoms with van der Waals surface area (Å²) in [6.45, 7) is 1.58. The van der Waals surface area contributed by atoms with Gasteiger partial charge in [0.1, 0.15) is 11.5 Å². The third-order valence-corrected chi connectivity index (χ3v) is 5.81. The molecule has 11 heteroatoms. The monoisotopic (exact) mass is 540 g/mol. The number of aryl methyl sites for hydroxylation is 1. The molecule has 3 rings (SSSR count). The van der Waals surface area contributed by atoms with Crippen molar-refractivity contribution in [3.63, 3.8) is 0 Å². The Hall–Kier alpha value is -4.25. The van der Waals surface area contributed by atoms with Gasteiger partial charge >= 0.3 is 0 Å². The fourth-order valence-electron chi connectivity index (χ4n) is 3.16. The smallest absolute Gasteiger partial charge is 0.273 e. The molecule has 2 N–H and O–H groups in total. The van der Waals surface area contributed by atoms with Crippen LogP contribution in [0.1, 0.15) is 31.8 Å². The van der Waals surface area contributed by atoms with Crippen molar-refractivity contribution in [2.75, 3.05) is 19.5 Å². The molecule has 2 amide bonds. The predicted molar refractivity (Wildman–Crippen MR) is 135 cm³/mol. The molecule has 0 bridgehead atoms. The molecule has 3 aromatic carbocycles. The van der Waals surface area contributed by atoms with Gasteiger partial charge in [0, 0.05) is 17.2 Å². The lowest BCUT2D eigenvalue weighted by atomic mass is 10.1. The molecule has 0 aliphatic heterocycles. The standard InChI is InChI=1S/C24H21BrN4O6/c1-14-8-9-15(12-19(14)29(32)33)23(30)27-18-7-5-4-6-16(18)24(31)28-26-13-17-20(34-2)10-11-21(35-3)22(17)25/h4-13H,1-3H3,(H,27,30)(H,28,31)/b26-13+. The molecule has 0 saturated carbocycles. The number of para-hydroxylation sites is 1. The van der Waals surface area contributed by atoms with Crippen LogP contribution in [0.2, 0.25) is 0 Å². The molecule has 0 atom stereocenters. The number of nitro groups is 1. The molecule has 0 radical (unpaired) electrons.